The van der Waals surface area contributed by atoms with Gasteiger partial charge in [0.2, 0.25) is 0 Å². The van der Waals surface area contributed by atoms with Crippen molar-refractivity contribution < 1.29 is 9.53 Å². The smallest absolute Gasteiger partial charge is 0.410 e. The third-order valence-electron chi connectivity index (χ3n) is 5.43. The highest BCUT2D eigenvalue weighted by molar-refractivity contribution is 5.68. The van der Waals surface area contributed by atoms with E-state index >= 15 is 0 Å². The SMILES string of the molecule is CC(C)(C)OC(=O)N1CCCN(c2ccccn2)CC1.c1ccc(N2CCCNCC2)nc1. The fourth-order valence-electron chi connectivity index (χ4n) is 3.81. The number of carbonyl (C=O) groups is 1. The molecule has 2 fully saturated rings. The fourth-order valence-corrected chi connectivity index (χ4v) is 3.81. The number of rotatable bonds is 2. The molecule has 0 unspecified atom stereocenters. The van der Waals surface area contributed by atoms with E-state index in [9.17, 15) is 4.79 Å². The number of amides is 1. The molecular weight excluding hydrogens is 416 g/mol. The largest absolute Gasteiger partial charge is 0.444 e. The van der Waals surface area contributed by atoms with E-state index in [0.29, 0.717) is 6.54 Å². The fraction of sp³-hybridized carbons (Fsp3) is 0.560. The highest BCUT2D eigenvalue weighted by Crippen LogP contribution is 2.15. The molecule has 4 heterocycles. The number of aromatic nitrogens is 2. The molecule has 2 aliphatic rings. The average Bonchev–Trinajstić information content (AvgIpc) is 3.23. The zero-order chi connectivity index (χ0) is 23.5. The van der Waals surface area contributed by atoms with Crippen molar-refractivity contribution in [1.82, 2.24) is 20.2 Å². The van der Waals surface area contributed by atoms with Crippen LogP contribution >= 0.6 is 0 Å². The molecule has 4 rings (SSSR count). The van der Waals surface area contributed by atoms with Crippen LogP contribution in [-0.2, 0) is 4.74 Å². The molecule has 0 radical (unpaired) electrons. The summed E-state index contributed by atoms with van der Waals surface area (Å²) in [6.07, 6.45) is 5.56. The first-order valence-electron chi connectivity index (χ1n) is 11.9. The van der Waals surface area contributed by atoms with E-state index in [1.807, 2.05) is 57.3 Å². The monoisotopic (exact) mass is 454 g/mol. The summed E-state index contributed by atoms with van der Waals surface area (Å²) in [5.74, 6) is 2.07. The second-order valence-electron chi connectivity index (χ2n) is 9.27. The summed E-state index contributed by atoms with van der Waals surface area (Å²) >= 11 is 0. The van der Waals surface area contributed by atoms with Crippen molar-refractivity contribution in [3.8, 4) is 0 Å². The van der Waals surface area contributed by atoms with Crippen LogP contribution in [-0.4, -0.2) is 78.9 Å². The lowest BCUT2D eigenvalue weighted by atomic mass is 10.2. The highest BCUT2D eigenvalue weighted by Gasteiger charge is 2.24. The van der Waals surface area contributed by atoms with E-state index in [1.54, 1.807) is 11.1 Å². The van der Waals surface area contributed by atoms with Gasteiger partial charge >= 0.3 is 6.09 Å². The van der Waals surface area contributed by atoms with Gasteiger partial charge in [-0.1, -0.05) is 12.1 Å². The highest BCUT2D eigenvalue weighted by atomic mass is 16.6. The van der Waals surface area contributed by atoms with Gasteiger partial charge < -0.3 is 24.8 Å². The van der Waals surface area contributed by atoms with Crippen LogP contribution in [0.2, 0.25) is 0 Å². The van der Waals surface area contributed by atoms with Crippen LogP contribution in [0, 0.1) is 0 Å². The second kappa shape index (κ2) is 12.4. The van der Waals surface area contributed by atoms with Crippen molar-refractivity contribution in [1.29, 1.82) is 0 Å². The molecular formula is C25H38N6O2. The molecule has 1 amide bonds. The predicted octanol–water partition coefficient (Wildman–Crippen LogP) is 3.41. The zero-order valence-electron chi connectivity index (χ0n) is 20.2. The maximum absolute atomic E-state index is 12.1. The molecule has 1 N–H and O–H groups in total. The number of hydrogen-bond donors (Lipinski definition) is 1. The Kier molecular flexibility index (Phi) is 9.30. The second-order valence-corrected chi connectivity index (χ2v) is 9.27. The molecule has 0 atom stereocenters. The maximum atomic E-state index is 12.1. The van der Waals surface area contributed by atoms with Gasteiger partial charge in [-0.05, 0) is 64.4 Å². The Bertz CT molecular complexity index is 820. The van der Waals surface area contributed by atoms with Crippen LogP contribution in [0.4, 0.5) is 16.4 Å². The number of ether oxygens (including phenoxy) is 1. The van der Waals surface area contributed by atoms with Crippen LogP contribution in [0.3, 0.4) is 0 Å². The number of nitrogens with one attached hydrogen (secondary N) is 1. The third kappa shape index (κ3) is 8.53. The van der Waals surface area contributed by atoms with E-state index in [2.05, 4.69) is 31.2 Å². The van der Waals surface area contributed by atoms with Crippen LogP contribution in [0.1, 0.15) is 33.6 Å². The first-order chi connectivity index (χ1) is 15.9. The van der Waals surface area contributed by atoms with Crippen molar-refractivity contribution in [3.63, 3.8) is 0 Å². The van der Waals surface area contributed by atoms with Crippen molar-refractivity contribution >= 4 is 17.7 Å². The van der Waals surface area contributed by atoms with Crippen LogP contribution in [0.5, 0.6) is 0 Å². The molecule has 2 aromatic rings. The third-order valence-corrected chi connectivity index (χ3v) is 5.43. The van der Waals surface area contributed by atoms with Crippen LogP contribution in [0.15, 0.2) is 48.8 Å². The Hall–Kier alpha value is -2.87. The van der Waals surface area contributed by atoms with Crippen molar-refractivity contribution in [3.05, 3.63) is 48.8 Å². The summed E-state index contributed by atoms with van der Waals surface area (Å²) in [5.41, 5.74) is -0.440. The van der Waals surface area contributed by atoms with Gasteiger partial charge in [0.25, 0.3) is 0 Å². The lowest BCUT2D eigenvalue weighted by Crippen LogP contribution is -2.39. The van der Waals surface area contributed by atoms with Crippen LogP contribution < -0.4 is 15.1 Å². The Morgan fingerprint density at radius 1 is 0.818 bits per heavy atom. The summed E-state index contributed by atoms with van der Waals surface area (Å²) in [6.45, 7) is 13.2. The standard InChI is InChI=1S/C15H23N3O2.C10H15N3/c1-15(2,3)20-14(19)18-10-6-9-17(11-12-18)13-7-4-5-8-16-13;1-2-6-12-10(4-1)13-8-3-5-11-7-9-13/h4-5,7-8H,6,9-12H2,1-3H3;1-2,4,6,11H,3,5,7-9H2. The van der Waals surface area contributed by atoms with Gasteiger partial charge in [0.05, 0.1) is 0 Å². The minimum Gasteiger partial charge on any atom is -0.444 e. The number of nitrogens with zero attached hydrogens (tertiary/aromatic N) is 5. The van der Waals surface area contributed by atoms with E-state index in [1.165, 1.54) is 6.42 Å². The molecule has 2 saturated heterocycles. The van der Waals surface area contributed by atoms with E-state index in [-0.39, 0.29) is 6.09 Å². The Morgan fingerprint density at radius 2 is 1.45 bits per heavy atom. The summed E-state index contributed by atoms with van der Waals surface area (Å²) in [5, 5.41) is 3.38. The van der Waals surface area contributed by atoms with Gasteiger partial charge in [-0.2, -0.15) is 0 Å². The molecule has 180 valence electrons. The number of pyridine rings is 2. The molecule has 2 aliphatic heterocycles. The topological polar surface area (TPSA) is 73.8 Å². The molecule has 8 nitrogen and oxygen atoms in total. The number of hydrogen-bond acceptors (Lipinski definition) is 7. The Morgan fingerprint density at radius 3 is 2.06 bits per heavy atom. The van der Waals surface area contributed by atoms with Gasteiger partial charge in [-0.25, -0.2) is 14.8 Å². The Balaban J connectivity index is 0.000000203. The van der Waals surface area contributed by atoms with E-state index in [0.717, 1.165) is 63.9 Å². The molecule has 0 aromatic carbocycles. The normalized spacial score (nSPS) is 17.4. The van der Waals surface area contributed by atoms with Crippen molar-refractivity contribution in [2.45, 2.75) is 39.2 Å². The number of carbonyl (C=O) groups excluding carboxylic acids is 1. The average molecular weight is 455 g/mol. The maximum Gasteiger partial charge on any atom is 0.410 e. The Labute approximate surface area is 198 Å². The predicted molar refractivity (Wildman–Crippen MR) is 133 cm³/mol. The molecule has 2 aromatic heterocycles. The summed E-state index contributed by atoms with van der Waals surface area (Å²) < 4.78 is 5.43. The van der Waals surface area contributed by atoms with E-state index in [4.69, 9.17) is 4.74 Å². The molecule has 0 bridgehead atoms. The lowest BCUT2D eigenvalue weighted by molar-refractivity contribution is 0.0263. The summed E-state index contributed by atoms with van der Waals surface area (Å²) in [4.78, 5) is 27.1. The van der Waals surface area contributed by atoms with Gasteiger partial charge in [0, 0.05) is 58.2 Å². The quantitative estimate of drug-likeness (QED) is 0.745. The van der Waals surface area contributed by atoms with Gasteiger partial charge in [-0.15, -0.1) is 0 Å². The zero-order valence-corrected chi connectivity index (χ0v) is 20.2. The molecule has 0 spiro atoms. The minimum absolute atomic E-state index is 0.222. The number of anilines is 2. The molecule has 0 aliphatic carbocycles. The lowest BCUT2D eigenvalue weighted by Gasteiger charge is -2.26. The van der Waals surface area contributed by atoms with Gasteiger partial charge in [-0.3, -0.25) is 0 Å². The molecule has 8 heteroatoms. The molecule has 0 saturated carbocycles. The first-order valence-corrected chi connectivity index (χ1v) is 11.9. The minimum atomic E-state index is -0.440. The first kappa shape index (κ1) is 24.8. The van der Waals surface area contributed by atoms with Gasteiger partial charge in [0.1, 0.15) is 17.2 Å². The summed E-state index contributed by atoms with van der Waals surface area (Å²) in [7, 11) is 0. The summed E-state index contributed by atoms with van der Waals surface area (Å²) in [6, 6.07) is 12.0. The van der Waals surface area contributed by atoms with Crippen LogP contribution in [0.25, 0.3) is 0 Å². The molecule has 33 heavy (non-hydrogen) atoms. The van der Waals surface area contributed by atoms with E-state index < -0.39 is 5.60 Å². The van der Waals surface area contributed by atoms with Crippen molar-refractivity contribution in [2.24, 2.45) is 0 Å². The van der Waals surface area contributed by atoms with Gasteiger partial charge in [0.15, 0.2) is 0 Å². The van der Waals surface area contributed by atoms with Crippen molar-refractivity contribution in [2.75, 3.05) is 62.2 Å².